The van der Waals surface area contributed by atoms with Gasteiger partial charge < -0.3 is 15.8 Å². The minimum absolute atomic E-state index is 0.317. The van der Waals surface area contributed by atoms with Crippen LogP contribution in [-0.4, -0.2) is 13.0 Å². The van der Waals surface area contributed by atoms with Gasteiger partial charge in [-0.3, -0.25) is 4.79 Å². The number of carbonyl (C=O) groups excluding carboxylic acids is 1. The van der Waals surface area contributed by atoms with Gasteiger partial charge in [0.05, 0.1) is 33.0 Å². The lowest BCUT2D eigenvalue weighted by atomic mass is 10.2. The molecule has 0 atom stereocenters. The van der Waals surface area contributed by atoms with Crippen molar-refractivity contribution in [2.24, 2.45) is 0 Å². The van der Waals surface area contributed by atoms with Crippen LogP contribution in [0.5, 0.6) is 5.75 Å². The van der Waals surface area contributed by atoms with Gasteiger partial charge in [-0.2, -0.15) is 0 Å². The highest BCUT2D eigenvalue weighted by molar-refractivity contribution is 9.10. The van der Waals surface area contributed by atoms with Gasteiger partial charge in [0.2, 0.25) is 0 Å². The number of carbonyl (C=O) groups is 1. The summed E-state index contributed by atoms with van der Waals surface area (Å²) in [6, 6.07) is 7.99. The summed E-state index contributed by atoms with van der Waals surface area (Å²) >= 11 is 15.3. The summed E-state index contributed by atoms with van der Waals surface area (Å²) in [5, 5.41) is 3.33. The Morgan fingerprint density at radius 2 is 1.95 bits per heavy atom. The van der Waals surface area contributed by atoms with Crippen molar-refractivity contribution in [1.82, 2.24) is 0 Å². The lowest BCUT2D eigenvalue weighted by Gasteiger charge is -2.10. The average molecular weight is 390 g/mol. The third kappa shape index (κ3) is 3.61. The zero-order valence-electron chi connectivity index (χ0n) is 10.9. The number of halogens is 3. The van der Waals surface area contributed by atoms with Crippen LogP contribution in [0.15, 0.2) is 34.8 Å². The Bertz CT molecular complexity index is 708. The van der Waals surface area contributed by atoms with Gasteiger partial charge in [-0.15, -0.1) is 0 Å². The van der Waals surface area contributed by atoms with E-state index >= 15 is 0 Å². The molecule has 0 saturated carbocycles. The molecule has 0 saturated heterocycles. The van der Waals surface area contributed by atoms with Crippen LogP contribution < -0.4 is 15.8 Å². The Labute approximate surface area is 140 Å². The van der Waals surface area contributed by atoms with E-state index < -0.39 is 0 Å². The molecule has 0 radical (unpaired) electrons. The second-order valence-corrected chi connectivity index (χ2v) is 5.83. The number of nitrogens with one attached hydrogen (secondary N) is 1. The topological polar surface area (TPSA) is 64.3 Å². The molecule has 0 spiro atoms. The number of methoxy groups -OCH3 is 1. The molecule has 2 aromatic carbocycles. The molecule has 110 valence electrons. The van der Waals surface area contributed by atoms with Crippen LogP contribution in [-0.2, 0) is 0 Å². The summed E-state index contributed by atoms with van der Waals surface area (Å²) in [6.45, 7) is 0. The summed E-state index contributed by atoms with van der Waals surface area (Å²) in [6.07, 6.45) is 0. The maximum atomic E-state index is 12.2. The quantitative estimate of drug-likeness (QED) is 0.754. The van der Waals surface area contributed by atoms with Crippen molar-refractivity contribution in [2.45, 2.75) is 0 Å². The summed E-state index contributed by atoms with van der Waals surface area (Å²) in [7, 11) is 1.55. The van der Waals surface area contributed by atoms with Crippen molar-refractivity contribution in [3.8, 4) is 5.75 Å². The van der Waals surface area contributed by atoms with Crippen LogP contribution >= 0.6 is 39.1 Å². The highest BCUT2D eigenvalue weighted by atomic mass is 79.9. The monoisotopic (exact) mass is 388 g/mol. The maximum Gasteiger partial charge on any atom is 0.255 e. The molecule has 2 rings (SSSR count). The van der Waals surface area contributed by atoms with Crippen LogP contribution in [0.25, 0.3) is 0 Å². The molecule has 7 heteroatoms. The minimum Gasteiger partial charge on any atom is -0.496 e. The van der Waals surface area contributed by atoms with E-state index in [1.807, 2.05) is 0 Å². The van der Waals surface area contributed by atoms with Crippen molar-refractivity contribution in [3.63, 3.8) is 0 Å². The number of amides is 1. The van der Waals surface area contributed by atoms with Crippen LogP contribution in [0.3, 0.4) is 0 Å². The highest BCUT2D eigenvalue weighted by Gasteiger charge is 2.12. The van der Waals surface area contributed by atoms with E-state index in [4.69, 9.17) is 33.7 Å². The molecule has 0 fully saturated rings. The van der Waals surface area contributed by atoms with Gasteiger partial charge in [0.15, 0.2) is 0 Å². The van der Waals surface area contributed by atoms with E-state index in [9.17, 15) is 4.79 Å². The molecule has 0 unspecified atom stereocenters. The van der Waals surface area contributed by atoms with Crippen molar-refractivity contribution in [3.05, 3.63) is 50.4 Å². The van der Waals surface area contributed by atoms with Crippen LogP contribution in [0.4, 0.5) is 11.4 Å². The van der Waals surface area contributed by atoms with Crippen LogP contribution in [0.2, 0.25) is 10.0 Å². The Hall–Kier alpha value is -1.43. The van der Waals surface area contributed by atoms with Crippen molar-refractivity contribution >= 4 is 56.4 Å². The molecule has 4 nitrogen and oxygen atoms in total. The van der Waals surface area contributed by atoms with Crippen molar-refractivity contribution < 1.29 is 9.53 Å². The first-order valence-electron chi connectivity index (χ1n) is 5.81. The second-order valence-electron chi connectivity index (χ2n) is 4.16. The number of nitrogen functional groups attached to an aromatic ring is 1. The Morgan fingerprint density at radius 3 is 2.57 bits per heavy atom. The zero-order chi connectivity index (χ0) is 15.6. The van der Waals surface area contributed by atoms with Gasteiger partial charge in [-0.25, -0.2) is 0 Å². The second kappa shape index (κ2) is 6.56. The standard InChI is InChI=1S/C14H11BrCl2N2O2/c1-21-13-3-2-7(4-8(13)15)14(20)19-12-6-9(16)11(18)5-10(12)17/h2-6H,18H2,1H3,(H,19,20). The lowest BCUT2D eigenvalue weighted by molar-refractivity contribution is 0.102. The maximum absolute atomic E-state index is 12.2. The molecule has 0 heterocycles. The highest BCUT2D eigenvalue weighted by Crippen LogP contribution is 2.31. The van der Waals surface area contributed by atoms with Gasteiger partial charge in [0.1, 0.15) is 5.75 Å². The summed E-state index contributed by atoms with van der Waals surface area (Å²) in [5.41, 5.74) is 6.83. The molecule has 0 aliphatic carbocycles. The molecule has 0 bridgehead atoms. The molecule has 2 aromatic rings. The molecular weight excluding hydrogens is 379 g/mol. The Kier molecular flexibility index (Phi) is 4.98. The Balaban J connectivity index is 2.26. The predicted molar refractivity (Wildman–Crippen MR) is 89.5 cm³/mol. The number of ether oxygens (including phenoxy) is 1. The minimum atomic E-state index is -0.318. The average Bonchev–Trinajstić information content (AvgIpc) is 2.44. The van der Waals surface area contributed by atoms with E-state index in [0.29, 0.717) is 37.2 Å². The first-order valence-corrected chi connectivity index (χ1v) is 7.36. The molecule has 1 amide bonds. The number of hydrogen-bond donors (Lipinski definition) is 2. The number of hydrogen-bond acceptors (Lipinski definition) is 3. The lowest BCUT2D eigenvalue weighted by Crippen LogP contribution is -2.12. The number of nitrogens with two attached hydrogens (primary N) is 1. The fourth-order valence-electron chi connectivity index (χ4n) is 1.66. The molecular formula is C14H11BrCl2N2O2. The molecule has 0 aromatic heterocycles. The van der Waals surface area contributed by atoms with Crippen LogP contribution in [0.1, 0.15) is 10.4 Å². The number of benzene rings is 2. The zero-order valence-corrected chi connectivity index (χ0v) is 14.0. The fraction of sp³-hybridized carbons (Fsp3) is 0.0714. The third-order valence-electron chi connectivity index (χ3n) is 2.75. The van der Waals surface area contributed by atoms with Gasteiger partial charge >= 0.3 is 0 Å². The van der Waals surface area contributed by atoms with E-state index in [-0.39, 0.29) is 5.91 Å². The number of rotatable bonds is 3. The predicted octanol–water partition coefficient (Wildman–Crippen LogP) is 4.60. The molecule has 0 aliphatic rings. The SMILES string of the molecule is COc1ccc(C(=O)Nc2cc(Cl)c(N)cc2Cl)cc1Br. The normalized spacial score (nSPS) is 10.3. The Morgan fingerprint density at radius 1 is 1.24 bits per heavy atom. The smallest absolute Gasteiger partial charge is 0.255 e. The molecule has 0 aliphatic heterocycles. The summed E-state index contributed by atoms with van der Waals surface area (Å²) < 4.78 is 5.79. The van der Waals surface area contributed by atoms with Gasteiger partial charge in [0.25, 0.3) is 5.91 Å². The third-order valence-corrected chi connectivity index (χ3v) is 4.01. The first-order chi connectivity index (χ1) is 9.92. The van der Waals surface area contributed by atoms with Gasteiger partial charge in [0, 0.05) is 5.56 Å². The summed E-state index contributed by atoms with van der Waals surface area (Å²) in [4.78, 5) is 12.2. The van der Waals surface area contributed by atoms with E-state index in [1.165, 1.54) is 12.1 Å². The number of anilines is 2. The first kappa shape index (κ1) is 15.9. The van der Waals surface area contributed by atoms with E-state index in [2.05, 4.69) is 21.2 Å². The van der Waals surface area contributed by atoms with Crippen LogP contribution in [0, 0.1) is 0 Å². The van der Waals surface area contributed by atoms with Gasteiger partial charge in [-0.05, 0) is 46.3 Å². The summed E-state index contributed by atoms with van der Waals surface area (Å²) in [5.74, 6) is 0.321. The van der Waals surface area contributed by atoms with E-state index in [1.54, 1.807) is 25.3 Å². The molecule has 21 heavy (non-hydrogen) atoms. The molecule has 3 N–H and O–H groups in total. The largest absolute Gasteiger partial charge is 0.496 e. The van der Waals surface area contributed by atoms with E-state index in [0.717, 1.165) is 0 Å². The van der Waals surface area contributed by atoms with Crippen molar-refractivity contribution in [1.29, 1.82) is 0 Å². The van der Waals surface area contributed by atoms with Gasteiger partial charge in [-0.1, -0.05) is 23.2 Å². The van der Waals surface area contributed by atoms with Crippen molar-refractivity contribution in [2.75, 3.05) is 18.2 Å². The fourth-order valence-corrected chi connectivity index (χ4v) is 2.58.